The van der Waals surface area contributed by atoms with E-state index < -0.39 is 11.2 Å². The molecule has 1 aliphatic rings. The molecule has 2 nitrogen and oxygen atoms in total. The van der Waals surface area contributed by atoms with Crippen molar-refractivity contribution in [3.8, 4) is 11.1 Å². The number of rotatable bonds is 6. The van der Waals surface area contributed by atoms with Crippen molar-refractivity contribution in [2.45, 2.75) is 44.3 Å². The minimum absolute atomic E-state index is 0.389. The van der Waals surface area contributed by atoms with Crippen LogP contribution < -0.4 is 5.46 Å². The highest BCUT2D eigenvalue weighted by Gasteiger charge is 2.45. The molecular formula is C31H30BO2. The number of aliphatic hydroxyl groups is 1. The third kappa shape index (κ3) is 3.51. The van der Waals surface area contributed by atoms with E-state index in [4.69, 9.17) is 4.65 Å². The number of benzene rings is 4. The van der Waals surface area contributed by atoms with Gasteiger partial charge in [0.2, 0.25) is 0 Å². The molecule has 4 aromatic rings. The van der Waals surface area contributed by atoms with Gasteiger partial charge >= 0.3 is 7.48 Å². The summed E-state index contributed by atoms with van der Waals surface area (Å²) in [5.41, 5.74) is 6.55. The Kier molecular flexibility index (Phi) is 5.51. The van der Waals surface area contributed by atoms with Gasteiger partial charge in [0.15, 0.2) is 0 Å². The molecule has 0 heterocycles. The first-order chi connectivity index (χ1) is 16.2. The van der Waals surface area contributed by atoms with Crippen LogP contribution in [0, 0.1) is 0 Å². The monoisotopic (exact) mass is 445 g/mol. The summed E-state index contributed by atoms with van der Waals surface area (Å²) >= 11 is 0. The fraction of sp³-hybridized carbons (Fsp3) is 0.226. The van der Waals surface area contributed by atoms with E-state index in [0.717, 1.165) is 5.46 Å². The Bertz CT molecular complexity index is 1260. The predicted molar refractivity (Wildman–Crippen MR) is 141 cm³/mol. The molecular weight excluding hydrogens is 415 g/mol. The lowest BCUT2D eigenvalue weighted by atomic mass is 9.67. The van der Waals surface area contributed by atoms with Gasteiger partial charge in [-0.25, -0.2) is 0 Å². The van der Waals surface area contributed by atoms with E-state index in [1.54, 1.807) is 21.3 Å². The van der Waals surface area contributed by atoms with Gasteiger partial charge in [0, 0.05) is 0 Å². The van der Waals surface area contributed by atoms with Crippen LogP contribution in [0.1, 0.15) is 49.9 Å². The quantitative estimate of drug-likeness (QED) is 0.332. The third-order valence-electron chi connectivity index (χ3n) is 7.47. The van der Waals surface area contributed by atoms with Crippen molar-refractivity contribution in [3.05, 3.63) is 125 Å². The van der Waals surface area contributed by atoms with E-state index in [0.29, 0.717) is 0 Å². The summed E-state index contributed by atoms with van der Waals surface area (Å²) in [5, 5.41) is 10.4. The zero-order chi connectivity index (χ0) is 24.0. The Labute approximate surface area is 203 Å². The molecule has 5 rings (SSSR count). The summed E-state index contributed by atoms with van der Waals surface area (Å²) in [6.45, 7) is 7.33. The number of fused-ring (bicyclic) bond motifs is 3. The van der Waals surface area contributed by atoms with Gasteiger partial charge in [0.1, 0.15) is 0 Å². The molecule has 0 saturated heterocycles. The molecule has 1 aliphatic carbocycles. The summed E-state index contributed by atoms with van der Waals surface area (Å²) in [7, 11) is 1.74. The molecule has 0 aliphatic heterocycles. The Morgan fingerprint density at radius 3 is 1.62 bits per heavy atom. The summed E-state index contributed by atoms with van der Waals surface area (Å²) in [6.07, 6.45) is 0. The molecule has 0 fully saturated rings. The van der Waals surface area contributed by atoms with Crippen LogP contribution in [-0.4, -0.2) is 23.8 Å². The van der Waals surface area contributed by atoms with Gasteiger partial charge in [-0.1, -0.05) is 109 Å². The minimum atomic E-state index is -0.960. The largest absolute Gasteiger partial charge is 0.427 e. The van der Waals surface area contributed by atoms with Gasteiger partial charge < -0.3 is 9.76 Å². The number of hydrogen-bond acceptors (Lipinski definition) is 2. The van der Waals surface area contributed by atoms with Crippen molar-refractivity contribution in [2.75, 3.05) is 0 Å². The fourth-order valence-electron chi connectivity index (χ4n) is 4.88. The zero-order valence-electron chi connectivity index (χ0n) is 20.2. The van der Waals surface area contributed by atoms with Crippen LogP contribution in [-0.2, 0) is 10.1 Å². The summed E-state index contributed by atoms with van der Waals surface area (Å²) in [4.78, 5) is 0. The maximum Gasteiger partial charge on any atom is 0.330 e. The van der Waals surface area contributed by atoms with Crippen molar-refractivity contribution in [1.82, 2.24) is 0 Å². The van der Waals surface area contributed by atoms with Crippen LogP contribution in [0.5, 0.6) is 0 Å². The SMILES string of the molecule is CC(C)(O)C(C)(C)O[B]c1ccc(C2(c3ccccc3)c3ccccc3-c3ccccc32)cc1. The van der Waals surface area contributed by atoms with Crippen LogP contribution in [0.15, 0.2) is 103 Å². The van der Waals surface area contributed by atoms with E-state index in [1.165, 1.54) is 33.4 Å². The fourth-order valence-corrected chi connectivity index (χ4v) is 4.88. The van der Waals surface area contributed by atoms with Gasteiger partial charge in [-0.05, 0) is 61.1 Å². The molecule has 0 amide bonds. The van der Waals surface area contributed by atoms with Gasteiger partial charge in [-0.2, -0.15) is 0 Å². The molecule has 34 heavy (non-hydrogen) atoms. The molecule has 0 spiro atoms. The Morgan fingerprint density at radius 1 is 0.618 bits per heavy atom. The van der Waals surface area contributed by atoms with Crippen molar-refractivity contribution in [1.29, 1.82) is 0 Å². The molecule has 4 aromatic carbocycles. The van der Waals surface area contributed by atoms with Crippen LogP contribution in [0.25, 0.3) is 11.1 Å². The maximum atomic E-state index is 10.4. The van der Waals surface area contributed by atoms with E-state index in [-0.39, 0.29) is 5.41 Å². The lowest BCUT2D eigenvalue weighted by Crippen LogP contribution is -2.49. The molecule has 0 unspecified atom stereocenters. The van der Waals surface area contributed by atoms with Crippen molar-refractivity contribution in [2.24, 2.45) is 0 Å². The lowest BCUT2D eigenvalue weighted by molar-refractivity contribution is -0.0893. The van der Waals surface area contributed by atoms with Crippen LogP contribution >= 0.6 is 0 Å². The zero-order valence-corrected chi connectivity index (χ0v) is 20.2. The van der Waals surface area contributed by atoms with E-state index in [2.05, 4.69) is 103 Å². The molecule has 0 bridgehead atoms. The molecule has 0 saturated carbocycles. The summed E-state index contributed by atoms with van der Waals surface area (Å²) in [5.74, 6) is 0. The van der Waals surface area contributed by atoms with E-state index in [9.17, 15) is 5.11 Å². The second-order valence-electron chi connectivity index (χ2n) is 10.1. The van der Waals surface area contributed by atoms with Gasteiger partial charge in [0.05, 0.1) is 16.6 Å². The van der Waals surface area contributed by atoms with Gasteiger partial charge in [-0.15, -0.1) is 0 Å². The molecule has 1 N–H and O–H groups in total. The molecule has 3 heteroatoms. The second-order valence-corrected chi connectivity index (χ2v) is 10.1. The first kappa shape index (κ1) is 22.6. The highest BCUT2D eigenvalue weighted by molar-refractivity contribution is 6.47. The van der Waals surface area contributed by atoms with Gasteiger partial charge in [0.25, 0.3) is 0 Å². The van der Waals surface area contributed by atoms with Crippen LogP contribution in [0.2, 0.25) is 0 Å². The van der Waals surface area contributed by atoms with Crippen molar-refractivity contribution >= 4 is 12.9 Å². The van der Waals surface area contributed by atoms with E-state index in [1.807, 2.05) is 13.8 Å². The molecule has 0 aromatic heterocycles. The minimum Gasteiger partial charge on any atom is -0.427 e. The first-order valence-electron chi connectivity index (χ1n) is 11.8. The number of hydrogen-bond donors (Lipinski definition) is 1. The van der Waals surface area contributed by atoms with E-state index >= 15 is 0 Å². The average Bonchev–Trinajstić information content (AvgIpc) is 3.14. The normalized spacial score (nSPS) is 14.4. The Balaban J connectivity index is 1.63. The standard InChI is InChI=1S/C31H30BO2/c1-29(2,33)30(3,4)34-32-24-20-18-23(19-21-24)31(22-12-6-5-7-13-22)27-16-10-8-14-25(27)26-15-9-11-17-28(26)31/h5-21,33H,1-4H3. The van der Waals surface area contributed by atoms with Crippen LogP contribution in [0.3, 0.4) is 0 Å². The summed E-state index contributed by atoms with van der Waals surface area (Å²) in [6, 6.07) is 36.9. The topological polar surface area (TPSA) is 29.5 Å². The van der Waals surface area contributed by atoms with Crippen molar-refractivity contribution < 1.29 is 9.76 Å². The molecule has 1 radical (unpaired) electrons. The first-order valence-corrected chi connectivity index (χ1v) is 11.8. The van der Waals surface area contributed by atoms with Crippen LogP contribution in [0.4, 0.5) is 0 Å². The molecule has 0 atom stereocenters. The predicted octanol–water partition coefficient (Wildman–Crippen LogP) is 5.86. The lowest BCUT2D eigenvalue weighted by Gasteiger charge is -2.37. The second kappa shape index (κ2) is 8.27. The average molecular weight is 445 g/mol. The van der Waals surface area contributed by atoms with Gasteiger partial charge in [-0.3, -0.25) is 0 Å². The summed E-state index contributed by atoms with van der Waals surface area (Å²) < 4.78 is 5.99. The highest BCUT2D eigenvalue weighted by Crippen LogP contribution is 2.55. The van der Waals surface area contributed by atoms with Crippen molar-refractivity contribution in [3.63, 3.8) is 0 Å². The maximum absolute atomic E-state index is 10.4. The highest BCUT2D eigenvalue weighted by atomic mass is 16.5. The third-order valence-corrected chi connectivity index (χ3v) is 7.47. The molecule has 169 valence electrons. The Morgan fingerprint density at radius 2 is 1.09 bits per heavy atom. The smallest absolute Gasteiger partial charge is 0.330 e. The Hall–Kier alpha value is -3.14.